The molecule has 1 rings (SSSR count). The molecule has 0 aliphatic carbocycles. The average molecular weight is 256 g/mol. The van der Waals surface area contributed by atoms with Gasteiger partial charge in [0.25, 0.3) is 0 Å². The molecule has 4 heteroatoms. The van der Waals surface area contributed by atoms with Crippen LogP contribution in [0.25, 0.3) is 0 Å². The first-order chi connectivity index (χ1) is 8.02. The second-order valence-corrected chi connectivity index (χ2v) is 5.25. The number of halogens is 1. The molecule has 1 aromatic rings. The molecule has 3 nitrogen and oxygen atoms in total. The van der Waals surface area contributed by atoms with Crippen LogP contribution in [0.15, 0.2) is 6.07 Å². The Morgan fingerprint density at radius 2 is 2.00 bits per heavy atom. The van der Waals surface area contributed by atoms with E-state index in [1.54, 1.807) is 0 Å². The molecule has 0 aliphatic heterocycles. The lowest BCUT2D eigenvalue weighted by atomic mass is 10.1. The maximum absolute atomic E-state index is 5.72. The normalized spacial score (nSPS) is 12.8. The third-order valence-electron chi connectivity index (χ3n) is 2.62. The zero-order valence-electron chi connectivity index (χ0n) is 11.1. The van der Waals surface area contributed by atoms with Crippen molar-refractivity contribution >= 4 is 17.4 Å². The topological polar surface area (TPSA) is 37.8 Å². The van der Waals surface area contributed by atoms with Crippen LogP contribution in [0, 0.1) is 12.8 Å². The molecule has 0 saturated carbocycles. The Morgan fingerprint density at radius 1 is 1.29 bits per heavy atom. The third kappa shape index (κ3) is 4.90. The Labute approximate surface area is 109 Å². The standard InChI is InChI=1S/C13H22ClN3/c1-9(2)13-16-11(4)7-12(17-13)15-8-10(3)5-6-14/h7,9-10H,5-6,8H2,1-4H3,(H,15,16,17). The zero-order valence-corrected chi connectivity index (χ0v) is 11.9. The van der Waals surface area contributed by atoms with E-state index in [2.05, 4.69) is 36.1 Å². The van der Waals surface area contributed by atoms with Gasteiger partial charge >= 0.3 is 0 Å². The van der Waals surface area contributed by atoms with Crippen molar-refractivity contribution in [3.63, 3.8) is 0 Å². The summed E-state index contributed by atoms with van der Waals surface area (Å²) in [5.74, 6) is 3.45. The summed E-state index contributed by atoms with van der Waals surface area (Å²) in [4.78, 5) is 8.93. The van der Waals surface area contributed by atoms with Gasteiger partial charge < -0.3 is 5.32 Å². The van der Waals surface area contributed by atoms with Crippen molar-refractivity contribution in [2.75, 3.05) is 17.7 Å². The summed E-state index contributed by atoms with van der Waals surface area (Å²) in [5.41, 5.74) is 1.01. The smallest absolute Gasteiger partial charge is 0.133 e. The molecule has 0 amide bonds. The predicted octanol–water partition coefficient (Wildman–Crippen LogP) is 3.59. The largest absolute Gasteiger partial charge is 0.370 e. The Balaban J connectivity index is 2.64. The van der Waals surface area contributed by atoms with Crippen LogP contribution in [0.3, 0.4) is 0 Å². The molecule has 1 unspecified atom stereocenters. The SMILES string of the molecule is Cc1cc(NCC(C)CCCl)nc(C(C)C)n1. The quantitative estimate of drug-likeness (QED) is 0.790. The van der Waals surface area contributed by atoms with Gasteiger partial charge in [0, 0.05) is 30.1 Å². The van der Waals surface area contributed by atoms with E-state index >= 15 is 0 Å². The molecule has 0 bridgehead atoms. The summed E-state index contributed by atoms with van der Waals surface area (Å²) in [7, 11) is 0. The van der Waals surface area contributed by atoms with Crippen LogP contribution in [0.5, 0.6) is 0 Å². The van der Waals surface area contributed by atoms with Gasteiger partial charge in [-0.25, -0.2) is 9.97 Å². The lowest BCUT2D eigenvalue weighted by Crippen LogP contribution is -2.14. The van der Waals surface area contributed by atoms with Gasteiger partial charge in [-0.15, -0.1) is 11.6 Å². The Hall–Kier alpha value is -0.830. The molecule has 0 radical (unpaired) electrons. The van der Waals surface area contributed by atoms with Crippen molar-refractivity contribution in [1.29, 1.82) is 0 Å². The van der Waals surface area contributed by atoms with Crippen LogP contribution in [-0.4, -0.2) is 22.4 Å². The molecule has 0 aromatic carbocycles. The van der Waals surface area contributed by atoms with E-state index < -0.39 is 0 Å². The molecule has 0 aliphatic rings. The fourth-order valence-electron chi connectivity index (χ4n) is 1.51. The van der Waals surface area contributed by atoms with Gasteiger partial charge in [-0.1, -0.05) is 20.8 Å². The molecule has 17 heavy (non-hydrogen) atoms. The van der Waals surface area contributed by atoms with Gasteiger partial charge in [0.05, 0.1) is 0 Å². The van der Waals surface area contributed by atoms with Crippen LogP contribution in [0.4, 0.5) is 5.82 Å². The number of hydrogen-bond donors (Lipinski definition) is 1. The summed E-state index contributed by atoms with van der Waals surface area (Å²) in [6.45, 7) is 9.30. The fourth-order valence-corrected chi connectivity index (χ4v) is 1.88. The highest BCUT2D eigenvalue weighted by atomic mass is 35.5. The van der Waals surface area contributed by atoms with E-state index in [0.717, 1.165) is 30.3 Å². The van der Waals surface area contributed by atoms with E-state index in [1.165, 1.54) is 0 Å². The molecule has 0 spiro atoms. The van der Waals surface area contributed by atoms with Gasteiger partial charge in [-0.2, -0.15) is 0 Å². The lowest BCUT2D eigenvalue weighted by molar-refractivity contribution is 0.595. The van der Waals surface area contributed by atoms with Crippen molar-refractivity contribution in [1.82, 2.24) is 9.97 Å². The van der Waals surface area contributed by atoms with E-state index in [-0.39, 0.29) is 0 Å². The minimum Gasteiger partial charge on any atom is -0.370 e. The average Bonchev–Trinajstić information content (AvgIpc) is 2.26. The summed E-state index contributed by atoms with van der Waals surface area (Å²) in [6.07, 6.45) is 1.02. The van der Waals surface area contributed by atoms with Crippen LogP contribution in [0.2, 0.25) is 0 Å². The maximum atomic E-state index is 5.72. The Bertz CT molecular complexity index is 353. The number of rotatable bonds is 6. The van der Waals surface area contributed by atoms with Gasteiger partial charge in [0.15, 0.2) is 0 Å². The first-order valence-electron chi connectivity index (χ1n) is 6.18. The highest BCUT2D eigenvalue weighted by Crippen LogP contribution is 2.14. The molecule has 96 valence electrons. The van der Waals surface area contributed by atoms with E-state index in [0.29, 0.717) is 17.7 Å². The highest BCUT2D eigenvalue weighted by molar-refractivity contribution is 6.17. The van der Waals surface area contributed by atoms with Crippen LogP contribution < -0.4 is 5.32 Å². The maximum Gasteiger partial charge on any atom is 0.133 e. The van der Waals surface area contributed by atoms with Crippen molar-refractivity contribution in [3.05, 3.63) is 17.6 Å². The zero-order chi connectivity index (χ0) is 12.8. The minimum absolute atomic E-state index is 0.357. The van der Waals surface area contributed by atoms with Crippen molar-refractivity contribution in [2.45, 2.75) is 40.0 Å². The number of aryl methyl sites for hydroxylation is 1. The van der Waals surface area contributed by atoms with Crippen molar-refractivity contribution in [2.24, 2.45) is 5.92 Å². The second-order valence-electron chi connectivity index (χ2n) is 4.87. The summed E-state index contributed by atoms with van der Waals surface area (Å²) in [6, 6.07) is 1.99. The molecule has 0 fully saturated rings. The van der Waals surface area contributed by atoms with Gasteiger partial charge in [-0.3, -0.25) is 0 Å². The number of nitrogens with zero attached hydrogens (tertiary/aromatic N) is 2. The van der Waals surface area contributed by atoms with Crippen molar-refractivity contribution in [3.8, 4) is 0 Å². The van der Waals surface area contributed by atoms with Gasteiger partial charge in [0.1, 0.15) is 11.6 Å². The van der Waals surface area contributed by atoms with Gasteiger partial charge in [-0.05, 0) is 19.3 Å². The van der Waals surface area contributed by atoms with Crippen LogP contribution >= 0.6 is 11.6 Å². The predicted molar refractivity (Wildman–Crippen MR) is 73.8 cm³/mol. The first kappa shape index (κ1) is 14.2. The van der Waals surface area contributed by atoms with Gasteiger partial charge in [0.2, 0.25) is 0 Å². The number of alkyl halides is 1. The Morgan fingerprint density at radius 3 is 2.59 bits per heavy atom. The van der Waals surface area contributed by atoms with Crippen LogP contribution in [0.1, 0.15) is 44.6 Å². The number of aromatic nitrogens is 2. The summed E-state index contributed by atoms with van der Waals surface area (Å²) >= 11 is 5.72. The third-order valence-corrected chi connectivity index (χ3v) is 2.84. The molecule has 0 saturated heterocycles. The number of anilines is 1. The molecule has 1 heterocycles. The molecule has 1 aromatic heterocycles. The Kier molecular flexibility index (Phi) is 5.69. The van der Waals surface area contributed by atoms with E-state index in [9.17, 15) is 0 Å². The summed E-state index contributed by atoms with van der Waals surface area (Å²) in [5, 5.41) is 3.36. The first-order valence-corrected chi connectivity index (χ1v) is 6.71. The molecular weight excluding hydrogens is 234 g/mol. The number of hydrogen-bond acceptors (Lipinski definition) is 3. The lowest BCUT2D eigenvalue weighted by Gasteiger charge is -2.13. The minimum atomic E-state index is 0.357. The molecule has 1 atom stereocenters. The number of nitrogens with one attached hydrogen (secondary N) is 1. The molecular formula is C13H22ClN3. The molecule has 1 N–H and O–H groups in total. The van der Waals surface area contributed by atoms with Crippen LogP contribution in [-0.2, 0) is 0 Å². The van der Waals surface area contributed by atoms with E-state index in [4.69, 9.17) is 11.6 Å². The summed E-state index contributed by atoms with van der Waals surface area (Å²) < 4.78 is 0. The van der Waals surface area contributed by atoms with E-state index in [1.807, 2.05) is 13.0 Å². The second kappa shape index (κ2) is 6.80. The monoisotopic (exact) mass is 255 g/mol. The highest BCUT2D eigenvalue weighted by Gasteiger charge is 2.07. The fraction of sp³-hybridized carbons (Fsp3) is 0.692. The van der Waals surface area contributed by atoms with Crippen molar-refractivity contribution < 1.29 is 0 Å².